The van der Waals surface area contributed by atoms with Crippen molar-refractivity contribution in [1.82, 2.24) is 20.3 Å². The third-order valence-corrected chi connectivity index (χ3v) is 8.55. The number of amides is 2. The number of carbonyl (C=O) groups is 3. The van der Waals surface area contributed by atoms with Crippen LogP contribution in [0.1, 0.15) is 108 Å². The molecule has 0 spiro atoms. The Kier molecular flexibility index (Phi) is 13.8. The number of likely N-dealkylation sites (tertiary alicyclic amines) is 1. The Morgan fingerprint density at radius 2 is 1.95 bits per heavy atom. The molecule has 0 radical (unpaired) electrons. The summed E-state index contributed by atoms with van der Waals surface area (Å²) in [6, 6.07) is -1.57. The first-order valence-electron chi connectivity index (χ1n) is 14.3. The van der Waals surface area contributed by atoms with Gasteiger partial charge in [-0.2, -0.15) is 0 Å². The molecule has 2 rings (SSSR count). The second kappa shape index (κ2) is 16.2. The number of hydrogen-bond donors (Lipinski definition) is 3. The van der Waals surface area contributed by atoms with Crippen LogP contribution in [0, 0.1) is 11.8 Å². The lowest BCUT2D eigenvalue weighted by molar-refractivity contribution is -0.212. The maximum absolute atomic E-state index is 14.2. The number of aromatic carboxylic acids is 1. The number of thiazole rings is 1. The number of likely N-dealkylation sites (N-methyl/N-ethyl adjacent to an activating group) is 1. The van der Waals surface area contributed by atoms with Gasteiger partial charge in [-0.15, -0.1) is 11.3 Å². The molecular weight excluding hydrogens is 520 g/mol. The molecule has 11 heteroatoms. The van der Waals surface area contributed by atoms with E-state index in [2.05, 4.69) is 17.2 Å². The van der Waals surface area contributed by atoms with Gasteiger partial charge in [-0.25, -0.2) is 14.8 Å². The first kappa shape index (κ1) is 33.1. The molecular formula is C28H48N4O6S. The molecule has 5 atom stereocenters. The lowest BCUT2D eigenvalue weighted by Gasteiger charge is -2.38. The van der Waals surface area contributed by atoms with Crippen molar-refractivity contribution in [2.75, 3.05) is 20.2 Å². The summed E-state index contributed by atoms with van der Waals surface area (Å²) >= 11 is 1.08. The average Bonchev–Trinajstić information content (AvgIpc) is 3.41. The van der Waals surface area contributed by atoms with Crippen molar-refractivity contribution < 1.29 is 29.4 Å². The SMILES string of the molecule is CCCCCON(C(=O)[C@@H](NC(=O)[C@H]1CCCCN1C)[C@@H](C)CC)[C@H](C[C@@H](O)c1nc(C(=O)O)cs1)C(C)C. The van der Waals surface area contributed by atoms with Crippen molar-refractivity contribution in [2.24, 2.45) is 11.8 Å². The largest absolute Gasteiger partial charge is 0.476 e. The number of unbranched alkanes of at least 4 members (excludes halogenated alkanes) is 2. The molecule has 1 aliphatic rings. The van der Waals surface area contributed by atoms with Gasteiger partial charge >= 0.3 is 5.97 Å². The Morgan fingerprint density at radius 1 is 1.23 bits per heavy atom. The molecule has 0 unspecified atom stereocenters. The van der Waals surface area contributed by atoms with Gasteiger partial charge in [0.25, 0.3) is 5.91 Å². The fourth-order valence-corrected chi connectivity index (χ4v) is 5.61. The van der Waals surface area contributed by atoms with Gasteiger partial charge in [0.2, 0.25) is 5.91 Å². The minimum absolute atomic E-state index is 0.0913. The Hall–Kier alpha value is -2.08. The lowest BCUT2D eigenvalue weighted by Crippen LogP contribution is -2.58. The first-order valence-corrected chi connectivity index (χ1v) is 15.2. The molecule has 10 nitrogen and oxygen atoms in total. The molecule has 1 saturated heterocycles. The summed E-state index contributed by atoms with van der Waals surface area (Å²) in [5.74, 6) is -1.86. The van der Waals surface area contributed by atoms with Crippen LogP contribution < -0.4 is 5.32 Å². The Labute approximate surface area is 237 Å². The number of hydrogen-bond acceptors (Lipinski definition) is 8. The lowest BCUT2D eigenvalue weighted by atomic mass is 9.93. The smallest absolute Gasteiger partial charge is 0.355 e. The Balaban J connectivity index is 2.32. The quantitative estimate of drug-likeness (QED) is 0.199. The molecule has 2 amide bonds. The molecule has 222 valence electrons. The monoisotopic (exact) mass is 568 g/mol. The third-order valence-electron chi connectivity index (χ3n) is 7.61. The molecule has 0 saturated carbocycles. The summed E-state index contributed by atoms with van der Waals surface area (Å²) in [4.78, 5) is 51.0. The van der Waals surface area contributed by atoms with E-state index < -0.39 is 24.2 Å². The van der Waals surface area contributed by atoms with Crippen molar-refractivity contribution in [3.63, 3.8) is 0 Å². The van der Waals surface area contributed by atoms with Crippen LogP contribution in [0.3, 0.4) is 0 Å². The molecule has 0 aromatic carbocycles. The number of aromatic nitrogens is 1. The number of nitrogens with one attached hydrogen (secondary N) is 1. The number of piperidine rings is 1. The highest BCUT2D eigenvalue weighted by atomic mass is 32.1. The topological polar surface area (TPSA) is 132 Å². The van der Waals surface area contributed by atoms with Gasteiger partial charge in [0.05, 0.1) is 18.7 Å². The number of nitrogens with zero attached hydrogens (tertiary/aromatic N) is 3. The van der Waals surface area contributed by atoms with Crippen LogP contribution in [0.15, 0.2) is 5.38 Å². The number of carboxylic acid groups (broad SMARTS) is 1. The van der Waals surface area contributed by atoms with Crippen LogP contribution in [0.4, 0.5) is 0 Å². The molecule has 1 aromatic rings. The van der Waals surface area contributed by atoms with Crippen molar-refractivity contribution in [2.45, 2.75) is 110 Å². The summed E-state index contributed by atoms with van der Waals surface area (Å²) in [5.41, 5.74) is -0.119. The maximum Gasteiger partial charge on any atom is 0.355 e. The zero-order valence-corrected chi connectivity index (χ0v) is 25.2. The number of aliphatic hydroxyl groups is 1. The van der Waals surface area contributed by atoms with E-state index in [-0.39, 0.29) is 46.8 Å². The van der Waals surface area contributed by atoms with Crippen LogP contribution in [0.2, 0.25) is 0 Å². The highest BCUT2D eigenvalue weighted by molar-refractivity contribution is 7.09. The maximum atomic E-state index is 14.2. The van der Waals surface area contributed by atoms with E-state index in [9.17, 15) is 24.6 Å². The predicted octanol–water partition coefficient (Wildman–Crippen LogP) is 4.26. The number of rotatable bonds is 16. The Bertz CT molecular complexity index is 926. The number of carboxylic acids is 1. The van der Waals surface area contributed by atoms with Gasteiger partial charge in [0.15, 0.2) is 5.69 Å². The highest BCUT2D eigenvalue weighted by Crippen LogP contribution is 2.29. The van der Waals surface area contributed by atoms with Gasteiger partial charge in [-0.05, 0) is 44.7 Å². The minimum atomic E-state index is -1.16. The molecule has 0 bridgehead atoms. The fourth-order valence-electron chi connectivity index (χ4n) is 4.82. The summed E-state index contributed by atoms with van der Waals surface area (Å²) in [7, 11) is 1.94. The first-order chi connectivity index (χ1) is 18.5. The highest BCUT2D eigenvalue weighted by Gasteiger charge is 2.39. The van der Waals surface area contributed by atoms with Gasteiger partial charge in [-0.1, -0.05) is 60.3 Å². The summed E-state index contributed by atoms with van der Waals surface area (Å²) in [6.45, 7) is 11.1. The number of aliphatic hydroxyl groups excluding tert-OH is 1. The zero-order valence-electron chi connectivity index (χ0n) is 24.4. The van der Waals surface area contributed by atoms with Gasteiger partial charge in [0, 0.05) is 11.8 Å². The second-order valence-corrected chi connectivity index (χ2v) is 11.9. The van der Waals surface area contributed by atoms with Crippen molar-refractivity contribution >= 4 is 29.1 Å². The fraction of sp³-hybridized carbons (Fsp3) is 0.786. The number of hydroxylamine groups is 2. The Morgan fingerprint density at radius 3 is 2.51 bits per heavy atom. The van der Waals surface area contributed by atoms with E-state index in [0.29, 0.717) is 13.0 Å². The molecule has 3 N–H and O–H groups in total. The van der Waals surface area contributed by atoms with E-state index in [4.69, 9.17) is 4.84 Å². The van der Waals surface area contributed by atoms with Gasteiger partial charge in [0.1, 0.15) is 17.2 Å². The standard InChI is InChI=1S/C28H48N4O6S/c1-7-9-12-15-38-32(22(18(3)4)16-23(33)26-29-20(17-39-26)28(36)37)27(35)24(19(5)8-2)30-25(34)21-13-10-11-14-31(21)6/h17-19,21-24,33H,7-16H2,1-6H3,(H,30,34)(H,36,37)/t19-,21+,22+,23+,24-/m0/s1. The summed E-state index contributed by atoms with van der Waals surface area (Å²) in [5, 5.41) is 26.3. The van der Waals surface area contributed by atoms with Crippen molar-refractivity contribution in [3.05, 3.63) is 16.1 Å². The van der Waals surface area contributed by atoms with E-state index in [1.807, 2.05) is 39.6 Å². The molecule has 1 aliphatic heterocycles. The molecule has 1 aromatic heterocycles. The van der Waals surface area contributed by atoms with E-state index in [1.165, 1.54) is 10.4 Å². The van der Waals surface area contributed by atoms with E-state index >= 15 is 0 Å². The number of carbonyl (C=O) groups excluding carboxylic acids is 2. The average molecular weight is 569 g/mol. The normalized spacial score (nSPS) is 19.3. The van der Waals surface area contributed by atoms with Crippen LogP contribution in [0.5, 0.6) is 0 Å². The van der Waals surface area contributed by atoms with E-state index in [1.54, 1.807) is 0 Å². The van der Waals surface area contributed by atoms with Crippen molar-refractivity contribution in [1.29, 1.82) is 0 Å². The molecule has 39 heavy (non-hydrogen) atoms. The third kappa shape index (κ3) is 9.51. The van der Waals surface area contributed by atoms with Crippen molar-refractivity contribution in [3.8, 4) is 0 Å². The molecule has 0 aliphatic carbocycles. The van der Waals surface area contributed by atoms with Crippen LogP contribution >= 0.6 is 11.3 Å². The molecule has 1 fully saturated rings. The summed E-state index contributed by atoms with van der Waals surface area (Å²) in [6.07, 6.45) is 5.25. The zero-order chi connectivity index (χ0) is 29.1. The van der Waals surface area contributed by atoms with Gasteiger partial charge < -0.3 is 15.5 Å². The predicted molar refractivity (Wildman–Crippen MR) is 151 cm³/mol. The van der Waals surface area contributed by atoms with E-state index in [0.717, 1.165) is 56.4 Å². The second-order valence-electron chi connectivity index (χ2n) is 11.0. The summed E-state index contributed by atoms with van der Waals surface area (Å²) < 4.78 is 0. The van der Waals surface area contributed by atoms with Crippen LogP contribution in [0.25, 0.3) is 0 Å². The van der Waals surface area contributed by atoms with Gasteiger partial charge in [-0.3, -0.25) is 19.3 Å². The van der Waals surface area contributed by atoms with Crippen LogP contribution in [-0.4, -0.2) is 81.3 Å². The molecule has 2 heterocycles. The van der Waals surface area contributed by atoms with Crippen LogP contribution in [-0.2, 0) is 14.4 Å². The minimum Gasteiger partial charge on any atom is -0.476 e.